The van der Waals surface area contributed by atoms with Crippen LogP contribution in [0.25, 0.3) is 0 Å². The van der Waals surface area contributed by atoms with Crippen molar-refractivity contribution >= 4 is 6.29 Å². The van der Waals surface area contributed by atoms with Crippen molar-refractivity contribution in [2.75, 3.05) is 0 Å². The first-order valence-corrected chi connectivity index (χ1v) is 10.4. The van der Waals surface area contributed by atoms with Crippen molar-refractivity contribution in [1.82, 2.24) is 0 Å². The molecule has 39 heavy (non-hydrogen) atoms. The number of aldehydes is 1. The Morgan fingerprint density at radius 1 is 0.667 bits per heavy atom. The van der Waals surface area contributed by atoms with Crippen LogP contribution in [0.1, 0.15) is 40.7 Å². The van der Waals surface area contributed by atoms with Gasteiger partial charge < -0.3 is 20.1 Å². The smallest absolute Gasteiger partial charge is 0.419 e. The maximum atomic E-state index is 13.4. The highest BCUT2D eigenvalue weighted by Crippen LogP contribution is 2.44. The number of halogens is 10. The van der Waals surface area contributed by atoms with Gasteiger partial charge >= 0.3 is 18.5 Å². The predicted molar refractivity (Wildman–Crippen MR) is 121 cm³/mol. The average Bonchev–Trinajstić information content (AvgIpc) is 2.76. The summed E-state index contributed by atoms with van der Waals surface area (Å²) in [7, 11) is 0. The lowest BCUT2D eigenvalue weighted by Crippen LogP contribution is -2.22. The Bertz CT molecular complexity index is 1220. The van der Waals surface area contributed by atoms with E-state index in [1.54, 1.807) is 0 Å². The summed E-state index contributed by atoms with van der Waals surface area (Å²) in [6, 6.07) is 9.18. The van der Waals surface area contributed by atoms with E-state index in [0.717, 1.165) is 42.7 Å². The van der Waals surface area contributed by atoms with Gasteiger partial charge in [0.2, 0.25) is 0 Å². The highest BCUT2D eigenvalue weighted by molar-refractivity contribution is 5.46. The minimum Gasteiger partial charge on any atom is -0.508 e. The molecule has 0 bridgehead atoms. The first-order chi connectivity index (χ1) is 17.3. The number of alkyl halides is 9. The van der Waals surface area contributed by atoms with Crippen LogP contribution in [0.2, 0.25) is 0 Å². The Labute approximate surface area is 215 Å². The van der Waals surface area contributed by atoms with E-state index < -0.39 is 52.6 Å². The van der Waals surface area contributed by atoms with E-state index in [4.69, 9.17) is 9.90 Å². The molecular formula is C25H22F10O4. The number of hydrogen-bond donors (Lipinski definition) is 3. The monoisotopic (exact) mass is 576 g/mol. The molecule has 0 aliphatic heterocycles. The molecule has 0 aliphatic rings. The van der Waals surface area contributed by atoms with Crippen LogP contribution in [0.15, 0.2) is 60.7 Å². The molecule has 0 aliphatic carbocycles. The molecule has 0 heterocycles. The summed E-state index contributed by atoms with van der Waals surface area (Å²) >= 11 is 0. The summed E-state index contributed by atoms with van der Waals surface area (Å²) in [5.74, 6) is -4.42. The third-order valence-electron chi connectivity index (χ3n) is 4.75. The van der Waals surface area contributed by atoms with Gasteiger partial charge in [-0.3, -0.25) is 4.70 Å². The van der Waals surface area contributed by atoms with E-state index in [-0.39, 0.29) is 27.6 Å². The van der Waals surface area contributed by atoms with Crippen molar-refractivity contribution in [3.63, 3.8) is 0 Å². The fraction of sp³-hybridized carbons (Fsp3) is 0.240. The van der Waals surface area contributed by atoms with Gasteiger partial charge in [-0.1, -0.05) is 30.3 Å². The number of carbonyl (C=O) groups is 1. The molecule has 216 valence electrons. The SMILES string of the molecule is CC=O.Cc1cc(C(c2ccc(O)c(C(F)(F)F)c2)C(F)(F)F)ccc1O.F.Oc1ccccc1C(F)(F)F. The Kier molecular flexibility index (Phi) is 12.3. The molecule has 1 atom stereocenters. The second-order valence-corrected chi connectivity index (χ2v) is 7.55. The number of carbonyl (C=O) groups excluding carboxylic acids is 1. The molecule has 1 unspecified atom stereocenters. The maximum Gasteiger partial charge on any atom is 0.419 e. The molecule has 0 spiro atoms. The van der Waals surface area contributed by atoms with Crippen LogP contribution in [-0.2, 0) is 17.1 Å². The van der Waals surface area contributed by atoms with Crippen LogP contribution >= 0.6 is 0 Å². The van der Waals surface area contributed by atoms with Crippen molar-refractivity contribution in [3.8, 4) is 17.2 Å². The van der Waals surface area contributed by atoms with Crippen molar-refractivity contribution in [2.24, 2.45) is 0 Å². The summed E-state index contributed by atoms with van der Waals surface area (Å²) in [5, 5.41) is 27.4. The van der Waals surface area contributed by atoms with Gasteiger partial charge in [-0.05, 0) is 60.9 Å². The first kappa shape index (κ1) is 35.0. The normalized spacial score (nSPS) is 12.1. The number of hydrogen-bond acceptors (Lipinski definition) is 4. The Morgan fingerprint density at radius 3 is 1.46 bits per heavy atom. The molecule has 0 saturated carbocycles. The average molecular weight is 576 g/mol. The van der Waals surface area contributed by atoms with Crippen molar-refractivity contribution < 1.29 is 64.3 Å². The molecule has 3 aromatic rings. The van der Waals surface area contributed by atoms with Crippen LogP contribution in [0.3, 0.4) is 0 Å². The van der Waals surface area contributed by atoms with E-state index in [0.29, 0.717) is 6.07 Å². The van der Waals surface area contributed by atoms with Gasteiger partial charge in [0.15, 0.2) is 0 Å². The van der Waals surface area contributed by atoms with Crippen LogP contribution in [0.4, 0.5) is 44.2 Å². The number of aromatic hydroxyl groups is 3. The van der Waals surface area contributed by atoms with Gasteiger partial charge in [0, 0.05) is 0 Å². The lowest BCUT2D eigenvalue weighted by molar-refractivity contribution is -0.144. The van der Waals surface area contributed by atoms with Crippen molar-refractivity contribution in [3.05, 3.63) is 88.5 Å². The van der Waals surface area contributed by atoms with Crippen molar-refractivity contribution in [2.45, 2.75) is 38.3 Å². The third-order valence-corrected chi connectivity index (χ3v) is 4.75. The van der Waals surface area contributed by atoms with Gasteiger partial charge in [-0.25, -0.2) is 0 Å². The standard InChI is InChI=1S/C16H12F6O2.C7H5F3O.C2H4O.FH/c1-8-6-9(2-4-12(8)23)14(16(20,21)22)10-3-5-13(24)11(7-10)15(17,18)19;8-7(9,10)5-3-1-2-4-6(5)11;1-2-3;/h2-7,14,23-24H,1H3;1-4,11H;2H,1H3;1H. The summed E-state index contributed by atoms with van der Waals surface area (Å²) in [4.78, 5) is 8.81. The topological polar surface area (TPSA) is 77.8 Å². The van der Waals surface area contributed by atoms with Crippen molar-refractivity contribution in [1.29, 1.82) is 0 Å². The molecule has 0 saturated heterocycles. The lowest BCUT2D eigenvalue weighted by Gasteiger charge is -2.23. The molecule has 4 nitrogen and oxygen atoms in total. The molecule has 3 rings (SSSR count). The minimum absolute atomic E-state index is 0. The van der Waals surface area contributed by atoms with E-state index in [2.05, 4.69) is 0 Å². The fourth-order valence-corrected chi connectivity index (χ4v) is 3.10. The number of benzene rings is 3. The summed E-state index contributed by atoms with van der Waals surface area (Å²) in [5.41, 5.74) is -3.34. The Morgan fingerprint density at radius 2 is 1.08 bits per heavy atom. The second kappa shape index (κ2) is 13.7. The number of rotatable bonds is 2. The van der Waals surface area contributed by atoms with Gasteiger partial charge in [0.1, 0.15) is 29.5 Å². The Hall–Kier alpha value is -3.97. The molecule has 14 heteroatoms. The third kappa shape index (κ3) is 10.0. The quantitative estimate of drug-likeness (QED) is 0.214. The number of para-hydroxylation sites is 1. The van der Waals surface area contributed by atoms with E-state index in [9.17, 15) is 49.7 Å². The highest BCUT2D eigenvalue weighted by atomic mass is 19.4. The molecule has 0 radical (unpaired) electrons. The second-order valence-electron chi connectivity index (χ2n) is 7.55. The molecule has 0 amide bonds. The first-order valence-electron chi connectivity index (χ1n) is 10.4. The molecule has 3 aromatic carbocycles. The summed E-state index contributed by atoms with van der Waals surface area (Å²) in [6.45, 7) is 2.82. The summed E-state index contributed by atoms with van der Waals surface area (Å²) in [6.07, 6.45) is -13.6. The number of phenolic OH excluding ortho intramolecular Hbond substituents is 3. The molecular weight excluding hydrogens is 554 g/mol. The Balaban J connectivity index is 0.000000804. The van der Waals surface area contributed by atoms with Crippen LogP contribution in [0.5, 0.6) is 17.2 Å². The molecule has 3 N–H and O–H groups in total. The lowest BCUT2D eigenvalue weighted by atomic mass is 9.88. The fourth-order valence-electron chi connectivity index (χ4n) is 3.10. The zero-order valence-corrected chi connectivity index (χ0v) is 20.0. The van der Waals surface area contributed by atoms with E-state index in [1.807, 2.05) is 0 Å². The van der Waals surface area contributed by atoms with Gasteiger partial charge in [0.25, 0.3) is 0 Å². The zero-order chi connectivity index (χ0) is 29.5. The van der Waals surface area contributed by atoms with Crippen LogP contribution < -0.4 is 0 Å². The van der Waals surface area contributed by atoms with Gasteiger partial charge in [-0.15, -0.1) is 0 Å². The highest BCUT2D eigenvalue weighted by Gasteiger charge is 2.43. The van der Waals surface area contributed by atoms with Crippen LogP contribution in [0, 0.1) is 6.92 Å². The van der Waals surface area contributed by atoms with E-state index >= 15 is 0 Å². The number of aryl methyl sites for hydroxylation is 1. The number of phenols is 3. The summed E-state index contributed by atoms with van der Waals surface area (Å²) < 4.78 is 115. The van der Waals surface area contributed by atoms with Gasteiger partial charge in [-0.2, -0.15) is 39.5 Å². The zero-order valence-electron chi connectivity index (χ0n) is 20.0. The minimum atomic E-state index is -4.99. The van der Waals surface area contributed by atoms with Gasteiger partial charge in [0.05, 0.1) is 11.1 Å². The van der Waals surface area contributed by atoms with E-state index in [1.165, 1.54) is 26.0 Å². The largest absolute Gasteiger partial charge is 0.508 e. The maximum absolute atomic E-state index is 13.4. The molecule has 0 aromatic heterocycles. The van der Waals surface area contributed by atoms with Crippen LogP contribution in [-0.4, -0.2) is 27.8 Å². The predicted octanol–water partition coefficient (Wildman–Crippen LogP) is 7.89. The molecule has 0 fully saturated rings.